The second kappa shape index (κ2) is 10.6. The Bertz CT molecular complexity index is 3000. The molecule has 226 valence electrons. The van der Waals surface area contributed by atoms with Crippen LogP contribution in [0.2, 0.25) is 0 Å². The van der Waals surface area contributed by atoms with Crippen LogP contribution in [0.4, 0.5) is 0 Å². The number of benzene rings is 7. The molecule has 3 aromatic heterocycles. The van der Waals surface area contributed by atoms with Crippen LogP contribution in [-0.4, -0.2) is 14.5 Å². The highest BCUT2D eigenvalue weighted by Crippen LogP contribution is 2.41. The molecule has 3 heterocycles. The SMILES string of the molecule is N#Cc1ccc2c(c1)c1cc(-c3cccc(-c4nc5c6ccccc6c6ccccc6c5c5cnccc45)c3)ccc1n2-c1ccccc1. The minimum Gasteiger partial charge on any atom is -0.309 e. The Morgan fingerprint density at radius 3 is 1.98 bits per heavy atom. The number of fused-ring (bicyclic) bond motifs is 11. The Morgan fingerprint density at radius 2 is 1.16 bits per heavy atom. The van der Waals surface area contributed by atoms with Gasteiger partial charge in [-0.3, -0.25) is 4.98 Å². The number of pyridine rings is 2. The normalized spacial score (nSPS) is 11.7. The van der Waals surface area contributed by atoms with Gasteiger partial charge >= 0.3 is 0 Å². The second-order valence-electron chi connectivity index (χ2n) is 12.5. The number of hydrogen-bond acceptors (Lipinski definition) is 3. The molecule has 0 aliphatic carbocycles. The molecule has 0 fully saturated rings. The first-order chi connectivity index (χ1) is 24.3. The van der Waals surface area contributed by atoms with E-state index in [1.165, 1.54) is 16.2 Å². The van der Waals surface area contributed by atoms with Crippen LogP contribution in [0.3, 0.4) is 0 Å². The summed E-state index contributed by atoms with van der Waals surface area (Å²) in [5.74, 6) is 0. The Morgan fingerprint density at radius 1 is 0.490 bits per heavy atom. The highest BCUT2D eigenvalue weighted by molar-refractivity contribution is 6.31. The van der Waals surface area contributed by atoms with E-state index in [4.69, 9.17) is 4.98 Å². The van der Waals surface area contributed by atoms with Crippen molar-refractivity contribution >= 4 is 65.0 Å². The predicted molar refractivity (Wildman–Crippen MR) is 202 cm³/mol. The zero-order chi connectivity index (χ0) is 32.5. The van der Waals surface area contributed by atoms with Crippen LogP contribution in [0, 0.1) is 11.3 Å². The first-order valence-electron chi connectivity index (χ1n) is 16.4. The van der Waals surface area contributed by atoms with Crippen molar-refractivity contribution in [3.63, 3.8) is 0 Å². The average Bonchev–Trinajstić information content (AvgIpc) is 3.50. The molecule has 0 atom stereocenters. The summed E-state index contributed by atoms with van der Waals surface area (Å²) in [5, 5.41) is 20.0. The minimum atomic E-state index is 0.649. The third kappa shape index (κ3) is 4.10. The van der Waals surface area contributed by atoms with Gasteiger partial charge in [0.2, 0.25) is 0 Å². The number of nitrogens with zero attached hydrogens (tertiary/aromatic N) is 4. The molecule has 0 spiro atoms. The van der Waals surface area contributed by atoms with Gasteiger partial charge in [0.1, 0.15) is 0 Å². The molecule has 7 aromatic carbocycles. The van der Waals surface area contributed by atoms with Crippen LogP contribution in [0.15, 0.2) is 158 Å². The fourth-order valence-electron chi connectivity index (χ4n) is 7.68. The third-order valence-electron chi connectivity index (χ3n) is 9.85. The van der Waals surface area contributed by atoms with E-state index in [1.54, 1.807) is 0 Å². The maximum Gasteiger partial charge on any atom is 0.0991 e. The standard InChI is InChI=1S/C45H26N4/c46-26-28-17-19-41-38(23-28)39-25-30(18-20-42(39)49(41)32-11-2-1-3-12-32)29-9-8-10-31(24-29)44-37-21-22-47-27-40(37)43-35-15-6-4-13-33(35)34-14-5-7-16-36(34)45(43)48-44/h1-25,27H. The van der Waals surface area contributed by atoms with Crippen LogP contribution < -0.4 is 0 Å². The molecule has 0 bridgehead atoms. The second-order valence-corrected chi connectivity index (χ2v) is 12.5. The van der Waals surface area contributed by atoms with Gasteiger partial charge in [0, 0.05) is 56.0 Å². The molecule has 0 aliphatic heterocycles. The van der Waals surface area contributed by atoms with Gasteiger partial charge in [-0.1, -0.05) is 91.0 Å². The molecule has 0 amide bonds. The van der Waals surface area contributed by atoms with Crippen molar-refractivity contribution < 1.29 is 0 Å². The Balaban J connectivity index is 1.21. The zero-order valence-electron chi connectivity index (χ0n) is 26.3. The quantitative estimate of drug-likeness (QED) is 0.184. The average molecular weight is 623 g/mol. The topological polar surface area (TPSA) is 54.5 Å². The van der Waals surface area contributed by atoms with Crippen LogP contribution in [0.5, 0.6) is 0 Å². The van der Waals surface area contributed by atoms with Crippen molar-refractivity contribution in [3.8, 4) is 34.1 Å². The first kappa shape index (κ1) is 27.3. The zero-order valence-corrected chi connectivity index (χ0v) is 26.3. The van der Waals surface area contributed by atoms with E-state index in [2.05, 4.69) is 143 Å². The smallest absolute Gasteiger partial charge is 0.0991 e. The van der Waals surface area contributed by atoms with Crippen molar-refractivity contribution in [3.05, 3.63) is 164 Å². The summed E-state index contributed by atoms with van der Waals surface area (Å²) in [6, 6.07) is 53.3. The number of aromatic nitrogens is 3. The fourth-order valence-corrected chi connectivity index (χ4v) is 7.68. The van der Waals surface area contributed by atoms with Crippen molar-refractivity contribution in [2.75, 3.05) is 0 Å². The molecule has 0 aliphatic rings. The highest BCUT2D eigenvalue weighted by Gasteiger charge is 2.18. The first-order valence-corrected chi connectivity index (χ1v) is 16.4. The molecule has 10 rings (SSSR count). The van der Waals surface area contributed by atoms with E-state index >= 15 is 0 Å². The van der Waals surface area contributed by atoms with Crippen LogP contribution in [0.25, 0.3) is 93.1 Å². The van der Waals surface area contributed by atoms with Crippen molar-refractivity contribution in [2.45, 2.75) is 0 Å². The van der Waals surface area contributed by atoms with E-state index in [-0.39, 0.29) is 0 Å². The van der Waals surface area contributed by atoms with Gasteiger partial charge in [-0.15, -0.1) is 0 Å². The van der Waals surface area contributed by atoms with E-state index in [9.17, 15) is 5.26 Å². The van der Waals surface area contributed by atoms with Gasteiger partial charge in [-0.05, 0) is 81.9 Å². The molecule has 0 N–H and O–H groups in total. The predicted octanol–water partition coefficient (Wildman–Crippen LogP) is 11.4. The van der Waals surface area contributed by atoms with Gasteiger partial charge in [-0.2, -0.15) is 5.26 Å². The number of nitriles is 1. The summed E-state index contributed by atoms with van der Waals surface area (Å²) in [5.41, 5.74) is 9.09. The van der Waals surface area contributed by atoms with Gasteiger partial charge in [0.05, 0.1) is 33.9 Å². The number of hydrogen-bond donors (Lipinski definition) is 0. The molecule has 49 heavy (non-hydrogen) atoms. The molecule has 0 saturated carbocycles. The summed E-state index contributed by atoms with van der Waals surface area (Å²) in [7, 11) is 0. The third-order valence-corrected chi connectivity index (χ3v) is 9.85. The summed E-state index contributed by atoms with van der Waals surface area (Å²) in [4.78, 5) is 10.1. The molecule has 0 saturated heterocycles. The summed E-state index contributed by atoms with van der Waals surface area (Å²) in [6.07, 6.45) is 3.85. The molecule has 4 heteroatoms. The lowest BCUT2D eigenvalue weighted by Gasteiger charge is -2.15. The summed E-state index contributed by atoms with van der Waals surface area (Å²) >= 11 is 0. The van der Waals surface area contributed by atoms with Crippen LogP contribution in [0.1, 0.15) is 5.56 Å². The van der Waals surface area contributed by atoms with Crippen molar-refractivity contribution in [1.29, 1.82) is 5.26 Å². The lowest BCUT2D eigenvalue weighted by Crippen LogP contribution is -1.94. The van der Waals surface area contributed by atoms with E-state index in [0.29, 0.717) is 5.56 Å². The number of rotatable bonds is 3. The lowest BCUT2D eigenvalue weighted by molar-refractivity contribution is 1.18. The molecule has 0 radical (unpaired) electrons. The molecule has 4 nitrogen and oxygen atoms in total. The molecular formula is C45H26N4. The van der Waals surface area contributed by atoms with Gasteiger partial charge in [0.15, 0.2) is 0 Å². The van der Waals surface area contributed by atoms with Gasteiger partial charge < -0.3 is 4.57 Å². The minimum absolute atomic E-state index is 0.649. The van der Waals surface area contributed by atoms with Crippen molar-refractivity contribution in [2.24, 2.45) is 0 Å². The van der Waals surface area contributed by atoms with Crippen molar-refractivity contribution in [1.82, 2.24) is 14.5 Å². The van der Waals surface area contributed by atoms with Gasteiger partial charge in [0.25, 0.3) is 0 Å². The Labute approximate surface area is 281 Å². The fraction of sp³-hybridized carbons (Fsp3) is 0. The molecule has 10 aromatic rings. The molecular weight excluding hydrogens is 597 g/mol. The Kier molecular flexibility index (Phi) is 5.90. The number of para-hydroxylation sites is 1. The highest BCUT2D eigenvalue weighted by atomic mass is 15.0. The Hall–Kier alpha value is -6.83. The maximum atomic E-state index is 9.75. The summed E-state index contributed by atoms with van der Waals surface area (Å²) < 4.78 is 2.28. The maximum absolute atomic E-state index is 9.75. The van der Waals surface area contributed by atoms with Crippen LogP contribution >= 0.6 is 0 Å². The van der Waals surface area contributed by atoms with E-state index in [0.717, 1.165) is 76.9 Å². The van der Waals surface area contributed by atoms with E-state index in [1.807, 2.05) is 30.6 Å². The summed E-state index contributed by atoms with van der Waals surface area (Å²) in [6.45, 7) is 0. The lowest BCUT2D eigenvalue weighted by atomic mass is 9.92. The van der Waals surface area contributed by atoms with Crippen LogP contribution in [-0.2, 0) is 0 Å². The molecule has 0 unspecified atom stereocenters. The largest absolute Gasteiger partial charge is 0.309 e. The monoisotopic (exact) mass is 622 g/mol. The van der Waals surface area contributed by atoms with Gasteiger partial charge in [-0.25, -0.2) is 4.98 Å². The van der Waals surface area contributed by atoms with E-state index < -0.39 is 0 Å².